The third kappa shape index (κ3) is 4.75. The Bertz CT molecular complexity index is 1910. The van der Waals surface area contributed by atoms with Crippen LogP contribution in [0, 0.1) is 11.6 Å². The van der Waals surface area contributed by atoms with Crippen molar-refractivity contribution in [1.29, 1.82) is 0 Å². The van der Waals surface area contributed by atoms with Gasteiger partial charge < -0.3 is 14.5 Å². The second-order valence-electron chi connectivity index (χ2n) is 12.8. The Morgan fingerprint density at radius 2 is 1.76 bits per heavy atom. The third-order valence-electron chi connectivity index (χ3n) is 9.79. The van der Waals surface area contributed by atoms with Crippen LogP contribution in [0.25, 0.3) is 32.9 Å². The highest BCUT2D eigenvalue weighted by atomic mass is 19.1. The lowest BCUT2D eigenvalue weighted by molar-refractivity contribution is 0.108. The molecule has 11 heteroatoms. The number of aryl methyl sites for hydroxylation is 1. The Morgan fingerprint density at radius 3 is 2.56 bits per heavy atom. The van der Waals surface area contributed by atoms with Gasteiger partial charge in [-0.2, -0.15) is 15.1 Å². The van der Waals surface area contributed by atoms with Gasteiger partial charge in [-0.05, 0) is 56.6 Å². The minimum Gasteiger partial charge on any atom is -0.461 e. The van der Waals surface area contributed by atoms with Crippen molar-refractivity contribution >= 4 is 33.3 Å². The first-order chi connectivity index (χ1) is 21.9. The molecule has 0 radical (unpaired) electrons. The first-order valence-electron chi connectivity index (χ1n) is 15.8. The van der Waals surface area contributed by atoms with Crippen LogP contribution in [-0.4, -0.2) is 75.5 Å². The first-order valence-corrected chi connectivity index (χ1v) is 15.8. The molecule has 232 valence electrons. The molecule has 0 atom stereocenters. The average molecular weight is 611 g/mol. The minimum atomic E-state index is -0.618. The van der Waals surface area contributed by atoms with Crippen LogP contribution in [0.4, 0.5) is 20.4 Å². The zero-order valence-corrected chi connectivity index (χ0v) is 25.6. The molecule has 2 fully saturated rings. The average Bonchev–Trinajstić information content (AvgIpc) is 3.71. The number of pyridine rings is 1. The van der Waals surface area contributed by atoms with E-state index in [0.29, 0.717) is 47.2 Å². The maximum Gasteiger partial charge on any atom is 0.319 e. The van der Waals surface area contributed by atoms with Gasteiger partial charge in [-0.1, -0.05) is 30.3 Å². The molecular formula is C34H36F2N8O. The smallest absolute Gasteiger partial charge is 0.319 e. The van der Waals surface area contributed by atoms with Crippen LogP contribution in [0.3, 0.4) is 0 Å². The van der Waals surface area contributed by atoms with Crippen molar-refractivity contribution in [3.05, 3.63) is 66.0 Å². The number of rotatable bonds is 6. The fourth-order valence-corrected chi connectivity index (χ4v) is 7.51. The number of hydrogen-bond donors (Lipinski definition) is 0. The highest BCUT2D eigenvalue weighted by molar-refractivity contribution is 5.99. The van der Waals surface area contributed by atoms with E-state index in [-0.39, 0.29) is 22.8 Å². The topological polar surface area (TPSA) is 75.4 Å². The Labute approximate surface area is 260 Å². The summed E-state index contributed by atoms with van der Waals surface area (Å²) in [6, 6.07) is 12.4. The van der Waals surface area contributed by atoms with Crippen LogP contribution in [-0.2, 0) is 13.1 Å². The molecule has 3 aliphatic rings. The number of benzene rings is 2. The molecule has 2 saturated heterocycles. The Morgan fingerprint density at radius 1 is 0.956 bits per heavy atom. The van der Waals surface area contributed by atoms with E-state index in [1.165, 1.54) is 6.07 Å². The molecule has 0 unspecified atom stereocenters. The molecule has 8 rings (SSSR count). The summed E-state index contributed by atoms with van der Waals surface area (Å²) in [7, 11) is 3.95. The molecule has 0 N–H and O–H groups in total. The van der Waals surface area contributed by atoms with Crippen molar-refractivity contribution in [1.82, 2.24) is 29.6 Å². The van der Waals surface area contributed by atoms with Crippen LogP contribution < -0.4 is 14.5 Å². The van der Waals surface area contributed by atoms with Crippen molar-refractivity contribution in [3.63, 3.8) is 0 Å². The molecule has 3 aromatic heterocycles. The fraction of sp³-hybridized carbons (Fsp3) is 0.412. The van der Waals surface area contributed by atoms with Crippen LogP contribution in [0.15, 0.2) is 48.7 Å². The predicted octanol–water partition coefficient (Wildman–Crippen LogP) is 5.80. The number of hydrogen-bond acceptors (Lipinski definition) is 8. The summed E-state index contributed by atoms with van der Waals surface area (Å²) in [6.07, 6.45) is 6.91. The second kappa shape index (κ2) is 10.9. The lowest BCUT2D eigenvalue weighted by Crippen LogP contribution is -2.43. The summed E-state index contributed by atoms with van der Waals surface area (Å²) in [5.41, 5.74) is 1.59. The lowest BCUT2D eigenvalue weighted by atomic mass is 9.95. The van der Waals surface area contributed by atoms with Crippen LogP contribution in [0.1, 0.15) is 37.8 Å². The largest absolute Gasteiger partial charge is 0.461 e. The quantitative estimate of drug-likeness (QED) is 0.239. The number of ether oxygens (including phenoxy) is 1. The van der Waals surface area contributed by atoms with Crippen molar-refractivity contribution in [3.8, 4) is 17.3 Å². The maximum atomic E-state index is 16.7. The van der Waals surface area contributed by atoms with E-state index in [4.69, 9.17) is 14.8 Å². The fourth-order valence-electron chi connectivity index (χ4n) is 7.51. The number of halogens is 2. The molecule has 0 amide bonds. The molecule has 0 bridgehead atoms. The minimum absolute atomic E-state index is 0.0153. The van der Waals surface area contributed by atoms with Gasteiger partial charge in [0.2, 0.25) is 0 Å². The standard InChI is InChI=1S/C34H36F2N8O/c1-41(2)27-18-23-20-42(14-7-17-44(23)40-27)32-25-19-37-30(24-10-3-8-22-9-4-11-26(35)28(22)24)29(36)31(25)38-33(39-32)45-21-34-12-5-15-43(34)16-6-13-34/h3-4,8-11,18-19H,5-7,12-17,20-21H2,1-2H3. The summed E-state index contributed by atoms with van der Waals surface area (Å²) in [4.78, 5) is 20.8. The maximum absolute atomic E-state index is 16.7. The number of anilines is 2. The van der Waals surface area contributed by atoms with Crippen molar-refractivity contribution in [2.45, 2.75) is 50.7 Å². The summed E-state index contributed by atoms with van der Waals surface area (Å²) in [6.45, 7) is 4.63. The molecular weight excluding hydrogens is 574 g/mol. The first kappa shape index (κ1) is 28.1. The molecule has 0 saturated carbocycles. The van der Waals surface area contributed by atoms with E-state index < -0.39 is 11.6 Å². The molecule has 0 spiro atoms. The van der Waals surface area contributed by atoms with Gasteiger partial charge in [-0.15, -0.1) is 0 Å². The van der Waals surface area contributed by atoms with Crippen LogP contribution >= 0.6 is 0 Å². The van der Waals surface area contributed by atoms with Gasteiger partial charge in [0, 0.05) is 50.4 Å². The summed E-state index contributed by atoms with van der Waals surface area (Å²) < 4.78 is 40.3. The van der Waals surface area contributed by atoms with Gasteiger partial charge >= 0.3 is 6.01 Å². The van der Waals surface area contributed by atoms with Gasteiger partial charge in [0.05, 0.1) is 23.2 Å². The summed E-state index contributed by atoms with van der Waals surface area (Å²) in [5.74, 6) is 0.422. The summed E-state index contributed by atoms with van der Waals surface area (Å²) >= 11 is 0. The van der Waals surface area contributed by atoms with E-state index in [2.05, 4.69) is 25.8 Å². The van der Waals surface area contributed by atoms with Gasteiger partial charge in [-0.25, -0.2) is 8.78 Å². The van der Waals surface area contributed by atoms with Gasteiger partial charge in [0.1, 0.15) is 35.3 Å². The van der Waals surface area contributed by atoms with Crippen molar-refractivity contribution < 1.29 is 13.5 Å². The lowest BCUT2D eigenvalue weighted by Gasteiger charge is -2.31. The zero-order valence-electron chi connectivity index (χ0n) is 25.6. The highest BCUT2D eigenvalue weighted by Crippen LogP contribution is 2.40. The van der Waals surface area contributed by atoms with Crippen molar-refractivity contribution in [2.24, 2.45) is 0 Å². The second-order valence-corrected chi connectivity index (χ2v) is 12.8. The monoisotopic (exact) mass is 610 g/mol. The van der Waals surface area contributed by atoms with E-state index in [1.807, 2.05) is 35.8 Å². The van der Waals surface area contributed by atoms with E-state index in [9.17, 15) is 0 Å². The summed E-state index contributed by atoms with van der Waals surface area (Å²) in [5, 5.41) is 6.26. The zero-order chi connectivity index (χ0) is 30.7. The Kier molecular flexibility index (Phi) is 6.81. The van der Waals surface area contributed by atoms with Gasteiger partial charge in [0.25, 0.3) is 0 Å². The van der Waals surface area contributed by atoms with E-state index >= 15 is 8.78 Å². The third-order valence-corrected chi connectivity index (χ3v) is 9.79. The molecule has 45 heavy (non-hydrogen) atoms. The Balaban J connectivity index is 1.25. The molecule has 5 aromatic rings. The number of nitrogens with zero attached hydrogens (tertiary/aromatic N) is 8. The SMILES string of the molecule is CN(C)c1cc2n(n1)CCCN(c1nc(OCC34CCCN3CCC4)nc3c(F)c(-c4cccc5cccc(F)c45)ncc13)C2. The molecule has 0 aliphatic carbocycles. The Hall–Kier alpha value is -4.38. The molecule has 3 aliphatic heterocycles. The number of aromatic nitrogens is 5. The van der Waals surface area contributed by atoms with Gasteiger partial charge in [-0.3, -0.25) is 14.6 Å². The van der Waals surface area contributed by atoms with Crippen molar-refractivity contribution in [2.75, 3.05) is 50.1 Å². The predicted molar refractivity (Wildman–Crippen MR) is 171 cm³/mol. The highest BCUT2D eigenvalue weighted by Gasteiger charge is 2.45. The van der Waals surface area contributed by atoms with Gasteiger partial charge in [0.15, 0.2) is 5.82 Å². The molecule has 2 aromatic carbocycles. The van der Waals surface area contributed by atoms with Crippen LogP contribution in [0.5, 0.6) is 6.01 Å². The molecule has 9 nitrogen and oxygen atoms in total. The number of fused-ring (bicyclic) bond motifs is 4. The normalized spacial score (nSPS) is 17.9. The van der Waals surface area contributed by atoms with E-state index in [1.54, 1.807) is 24.4 Å². The van der Waals surface area contributed by atoms with Crippen LogP contribution in [0.2, 0.25) is 0 Å². The van der Waals surface area contributed by atoms with E-state index in [0.717, 1.165) is 63.3 Å². The molecule has 6 heterocycles.